The molecular weight excluding hydrogens is 329 g/mol. The van der Waals surface area contributed by atoms with E-state index in [0.29, 0.717) is 0 Å². The summed E-state index contributed by atoms with van der Waals surface area (Å²) < 4.78 is 29.0. The number of benzene rings is 1. The lowest BCUT2D eigenvalue weighted by atomic mass is 10.1. The van der Waals surface area contributed by atoms with Crippen LogP contribution in [-0.4, -0.2) is 43.3 Å². The van der Waals surface area contributed by atoms with Crippen LogP contribution in [0.2, 0.25) is 0 Å². The largest absolute Gasteiger partial charge is 0.494 e. The minimum atomic E-state index is -0.728. The van der Waals surface area contributed by atoms with Gasteiger partial charge in [0.05, 0.1) is 19.3 Å². The molecule has 0 saturated carbocycles. The standard InChI is InChI=1S/C18H26FNO5/c1-17(2,3)25-16(22)20-18(4,5)11-24-10-14(21)12-7-8-15(23-6)13(19)9-12/h7-9H,10-11H2,1-6H3,(H,20,22). The fraction of sp³-hybridized carbons (Fsp3) is 0.556. The molecule has 0 radical (unpaired) electrons. The lowest BCUT2D eigenvalue weighted by Crippen LogP contribution is -2.49. The number of amides is 1. The third-order valence-electron chi connectivity index (χ3n) is 3.01. The van der Waals surface area contributed by atoms with Crippen LogP contribution < -0.4 is 10.1 Å². The number of carbonyl (C=O) groups excluding carboxylic acids is 2. The molecule has 7 heteroatoms. The molecule has 0 bridgehead atoms. The Bertz CT molecular complexity index is 622. The minimum absolute atomic E-state index is 0.0696. The second-order valence-electron chi connectivity index (χ2n) is 7.28. The molecule has 0 spiro atoms. The van der Waals surface area contributed by atoms with Crippen molar-refractivity contribution < 1.29 is 28.2 Å². The molecule has 0 aliphatic rings. The molecule has 0 saturated heterocycles. The van der Waals surface area contributed by atoms with Gasteiger partial charge in [0, 0.05) is 5.56 Å². The maximum Gasteiger partial charge on any atom is 0.408 e. The third kappa shape index (κ3) is 7.51. The summed E-state index contributed by atoms with van der Waals surface area (Å²) in [5.74, 6) is -0.907. The number of rotatable bonds is 7. The van der Waals surface area contributed by atoms with E-state index < -0.39 is 23.1 Å². The zero-order valence-electron chi connectivity index (χ0n) is 15.6. The molecule has 1 rings (SSSR count). The molecule has 25 heavy (non-hydrogen) atoms. The van der Waals surface area contributed by atoms with Crippen molar-refractivity contribution in [2.24, 2.45) is 0 Å². The Hall–Kier alpha value is -2.15. The molecular formula is C18H26FNO5. The summed E-state index contributed by atoms with van der Waals surface area (Å²) in [6.45, 7) is 8.65. The van der Waals surface area contributed by atoms with Crippen molar-refractivity contribution in [1.29, 1.82) is 0 Å². The van der Waals surface area contributed by atoms with Gasteiger partial charge in [-0.15, -0.1) is 0 Å². The van der Waals surface area contributed by atoms with Crippen molar-refractivity contribution in [2.75, 3.05) is 20.3 Å². The summed E-state index contributed by atoms with van der Waals surface area (Å²) in [4.78, 5) is 23.8. The molecule has 1 amide bonds. The van der Waals surface area contributed by atoms with E-state index >= 15 is 0 Å². The molecule has 0 heterocycles. The van der Waals surface area contributed by atoms with E-state index in [0.717, 1.165) is 6.07 Å². The first-order valence-electron chi connectivity index (χ1n) is 7.89. The molecule has 0 atom stereocenters. The van der Waals surface area contributed by atoms with Crippen molar-refractivity contribution in [1.82, 2.24) is 5.32 Å². The summed E-state index contributed by atoms with van der Waals surface area (Å²) in [5.41, 5.74) is -1.14. The SMILES string of the molecule is COc1ccc(C(=O)COCC(C)(C)NC(=O)OC(C)(C)C)cc1F. The highest BCUT2D eigenvalue weighted by molar-refractivity contribution is 5.97. The second kappa shape index (κ2) is 8.29. The summed E-state index contributed by atoms with van der Waals surface area (Å²) in [6, 6.07) is 3.96. The minimum Gasteiger partial charge on any atom is -0.494 e. The van der Waals surface area contributed by atoms with E-state index in [9.17, 15) is 14.0 Å². The molecule has 0 unspecified atom stereocenters. The normalized spacial score (nSPS) is 11.8. The fourth-order valence-corrected chi connectivity index (χ4v) is 1.94. The Balaban J connectivity index is 2.51. The van der Waals surface area contributed by atoms with E-state index in [2.05, 4.69) is 5.32 Å². The van der Waals surface area contributed by atoms with Gasteiger partial charge in [-0.1, -0.05) is 0 Å². The van der Waals surface area contributed by atoms with E-state index in [1.54, 1.807) is 34.6 Å². The topological polar surface area (TPSA) is 73.9 Å². The van der Waals surface area contributed by atoms with Crippen molar-refractivity contribution in [3.05, 3.63) is 29.6 Å². The zero-order valence-corrected chi connectivity index (χ0v) is 15.6. The van der Waals surface area contributed by atoms with Gasteiger partial charge in [-0.2, -0.15) is 0 Å². The van der Waals surface area contributed by atoms with Gasteiger partial charge in [-0.25, -0.2) is 9.18 Å². The number of alkyl carbamates (subject to hydrolysis) is 1. The molecule has 0 aliphatic heterocycles. The molecule has 1 aromatic rings. The van der Waals surface area contributed by atoms with Gasteiger partial charge in [-0.3, -0.25) is 4.79 Å². The van der Waals surface area contributed by atoms with Crippen LogP contribution in [0.3, 0.4) is 0 Å². The van der Waals surface area contributed by atoms with E-state index in [1.165, 1.54) is 19.2 Å². The van der Waals surface area contributed by atoms with Gasteiger partial charge in [-0.05, 0) is 52.8 Å². The van der Waals surface area contributed by atoms with Crippen LogP contribution in [0.4, 0.5) is 9.18 Å². The van der Waals surface area contributed by atoms with Crippen LogP contribution in [0.15, 0.2) is 18.2 Å². The first-order chi connectivity index (χ1) is 11.4. The Kier molecular flexibility index (Phi) is 6.93. The van der Waals surface area contributed by atoms with Crippen LogP contribution in [0.1, 0.15) is 45.0 Å². The van der Waals surface area contributed by atoms with Gasteiger partial charge >= 0.3 is 6.09 Å². The first-order valence-corrected chi connectivity index (χ1v) is 7.89. The lowest BCUT2D eigenvalue weighted by molar-refractivity contribution is 0.0349. The lowest BCUT2D eigenvalue weighted by Gasteiger charge is -2.28. The zero-order chi connectivity index (χ0) is 19.3. The van der Waals surface area contributed by atoms with Crippen LogP contribution in [0, 0.1) is 5.82 Å². The summed E-state index contributed by atoms with van der Waals surface area (Å²) in [7, 11) is 1.35. The highest BCUT2D eigenvalue weighted by atomic mass is 19.1. The van der Waals surface area contributed by atoms with Gasteiger partial charge in [0.15, 0.2) is 17.3 Å². The van der Waals surface area contributed by atoms with Crippen LogP contribution in [0.25, 0.3) is 0 Å². The van der Waals surface area contributed by atoms with Crippen molar-refractivity contribution in [2.45, 2.75) is 45.8 Å². The Morgan fingerprint density at radius 3 is 2.32 bits per heavy atom. The molecule has 0 aromatic heterocycles. The predicted octanol–water partition coefficient (Wildman–Crippen LogP) is 3.34. The van der Waals surface area contributed by atoms with Crippen LogP contribution in [0.5, 0.6) is 5.75 Å². The smallest absolute Gasteiger partial charge is 0.408 e. The monoisotopic (exact) mass is 355 g/mol. The van der Waals surface area contributed by atoms with E-state index in [-0.39, 0.29) is 30.3 Å². The second-order valence-corrected chi connectivity index (χ2v) is 7.28. The average Bonchev–Trinajstić information content (AvgIpc) is 2.43. The summed E-state index contributed by atoms with van der Waals surface area (Å²) in [6.07, 6.45) is -0.565. The van der Waals surface area contributed by atoms with E-state index in [1.807, 2.05) is 0 Å². The predicted molar refractivity (Wildman–Crippen MR) is 91.6 cm³/mol. The van der Waals surface area contributed by atoms with E-state index in [4.69, 9.17) is 14.2 Å². The molecule has 1 aromatic carbocycles. The first kappa shape index (κ1) is 20.9. The number of halogens is 1. The molecule has 0 fully saturated rings. The summed E-state index contributed by atoms with van der Waals surface area (Å²) in [5, 5.41) is 2.68. The van der Waals surface area contributed by atoms with Crippen molar-refractivity contribution in [3.63, 3.8) is 0 Å². The number of Topliss-reactive ketones (excluding diaryl/α,β-unsaturated/α-hetero) is 1. The van der Waals surface area contributed by atoms with Gasteiger partial charge in [0.2, 0.25) is 0 Å². The number of ether oxygens (including phenoxy) is 3. The van der Waals surface area contributed by atoms with Crippen molar-refractivity contribution in [3.8, 4) is 5.75 Å². The maximum absolute atomic E-state index is 13.6. The average molecular weight is 355 g/mol. The molecule has 1 N–H and O–H groups in total. The van der Waals surface area contributed by atoms with Gasteiger partial charge in [0.25, 0.3) is 0 Å². The Morgan fingerprint density at radius 1 is 1.16 bits per heavy atom. The third-order valence-corrected chi connectivity index (χ3v) is 3.01. The maximum atomic E-state index is 13.6. The number of ketones is 1. The van der Waals surface area contributed by atoms with Crippen LogP contribution >= 0.6 is 0 Å². The number of nitrogens with one attached hydrogen (secondary N) is 1. The number of carbonyl (C=O) groups is 2. The van der Waals surface area contributed by atoms with Gasteiger partial charge in [0.1, 0.15) is 12.2 Å². The number of methoxy groups -OCH3 is 1. The fourth-order valence-electron chi connectivity index (χ4n) is 1.94. The highest BCUT2D eigenvalue weighted by Crippen LogP contribution is 2.18. The summed E-state index contributed by atoms with van der Waals surface area (Å²) >= 11 is 0. The van der Waals surface area contributed by atoms with Crippen molar-refractivity contribution >= 4 is 11.9 Å². The Labute approximate surface area is 147 Å². The van der Waals surface area contributed by atoms with Gasteiger partial charge < -0.3 is 19.5 Å². The number of hydrogen-bond acceptors (Lipinski definition) is 5. The van der Waals surface area contributed by atoms with Crippen LogP contribution in [-0.2, 0) is 9.47 Å². The Morgan fingerprint density at radius 2 is 1.80 bits per heavy atom. The quantitative estimate of drug-likeness (QED) is 0.760. The molecule has 140 valence electrons. The number of hydrogen-bond donors (Lipinski definition) is 1. The molecule has 0 aliphatic carbocycles. The highest BCUT2D eigenvalue weighted by Gasteiger charge is 2.25. The molecule has 6 nitrogen and oxygen atoms in total.